The number of alkyl halides is 3. The van der Waals surface area contributed by atoms with E-state index in [2.05, 4.69) is 0 Å². The SMILES string of the molecule is Cc1ccc(C)c(C(=O)N2C[C@@H](C(N)=O)[C@H](C3CCN(c4ccc(C#N)c(C(F)(F)F)c4)CC3)C2)c1. The van der Waals surface area contributed by atoms with Crippen LogP contribution in [-0.2, 0) is 11.0 Å². The molecule has 2 N–H and O–H groups in total. The number of primary amides is 1. The molecule has 36 heavy (non-hydrogen) atoms. The third-order valence-electron chi connectivity index (χ3n) is 7.58. The van der Waals surface area contributed by atoms with Crippen molar-refractivity contribution in [1.82, 2.24) is 4.90 Å². The van der Waals surface area contributed by atoms with Crippen molar-refractivity contribution >= 4 is 17.5 Å². The number of amides is 2. The molecule has 0 spiro atoms. The second kappa shape index (κ2) is 9.84. The van der Waals surface area contributed by atoms with Gasteiger partial charge in [0.1, 0.15) is 0 Å². The summed E-state index contributed by atoms with van der Waals surface area (Å²) in [5.74, 6) is -0.969. The fraction of sp³-hybridized carbons (Fsp3) is 0.444. The van der Waals surface area contributed by atoms with E-state index in [9.17, 15) is 22.8 Å². The van der Waals surface area contributed by atoms with Crippen LogP contribution in [0.4, 0.5) is 18.9 Å². The second-order valence-corrected chi connectivity index (χ2v) is 9.87. The van der Waals surface area contributed by atoms with Gasteiger partial charge in [-0.25, -0.2) is 0 Å². The Morgan fingerprint density at radius 3 is 2.36 bits per heavy atom. The molecule has 6 nitrogen and oxygen atoms in total. The highest BCUT2D eigenvalue weighted by Crippen LogP contribution is 2.39. The van der Waals surface area contributed by atoms with E-state index in [4.69, 9.17) is 11.0 Å². The maximum Gasteiger partial charge on any atom is 0.417 e. The Balaban J connectivity index is 1.47. The number of carbonyl (C=O) groups excluding carboxylic acids is 2. The molecule has 2 aromatic carbocycles. The van der Waals surface area contributed by atoms with E-state index >= 15 is 0 Å². The number of halogens is 3. The van der Waals surface area contributed by atoms with E-state index in [1.165, 1.54) is 6.07 Å². The number of anilines is 1. The molecule has 0 bridgehead atoms. The molecule has 2 atom stereocenters. The number of nitrogens with zero attached hydrogens (tertiary/aromatic N) is 3. The number of aryl methyl sites for hydroxylation is 2. The molecule has 190 valence electrons. The summed E-state index contributed by atoms with van der Waals surface area (Å²) in [5, 5.41) is 9.04. The van der Waals surface area contributed by atoms with Crippen molar-refractivity contribution in [2.45, 2.75) is 32.9 Å². The lowest BCUT2D eigenvalue weighted by Gasteiger charge is -2.37. The molecule has 2 aliphatic rings. The summed E-state index contributed by atoms with van der Waals surface area (Å²) in [6.07, 6.45) is -3.27. The Morgan fingerprint density at radius 2 is 1.75 bits per heavy atom. The fourth-order valence-corrected chi connectivity index (χ4v) is 5.56. The molecule has 2 heterocycles. The summed E-state index contributed by atoms with van der Waals surface area (Å²) in [7, 11) is 0. The first kappa shape index (κ1) is 25.5. The zero-order valence-corrected chi connectivity index (χ0v) is 20.3. The van der Waals surface area contributed by atoms with Gasteiger partial charge in [-0.05, 0) is 68.4 Å². The molecule has 0 aromatic heterocycles. The van der Waals surface area contributed by atoms with Crippen molar-refractivity contribution in [3.05, 3.63) is 64.2 Å². The van der Waals surface area contributed by atoms with Gasteiger partial charge < -0.3 is 15.5 Å². The summed E-state index contributed by atoms with van der Waals surface area (Å²) >= 11 is 0. The van der Waals surface area contributed by atoms with Gasteiger partial charge in [-0.2, -0.15) is 18.4 Å². The Kier molecular flexibility index (Phi) is 6.98. The van der Waals surface area contributed by atoms with Crippen LogP contribution in [0.2, 0.25) is 0 Å². The largest absolute Gasteiger partial charge is 0.417 e. The molecule has 0 aliphatic carbocycles. The van der Waals surface area contributed by atoms with Crippen molar-refractivity contribution < 1.29 is 22.8 Å². The third-order valence-corrected chi connectivity index (χ3v) is 7.58. The van der Waals surface area contributed by atoms with E-state index in [0.717, 1.165) is 17.2 Å². The Bertz CT molecular complexity index is 1210. The number of rotatable bonds is 4. The van der Waals surface area contributed by atoms with Crippen LogP contribution >= 0.6 is 0 Å². The molecule has 0 radical (unpaired) electrons. The van der Waals surface area contributed by atoms with Crippen LogP contribution in [0.1, 0.15) is 45.5 Å². The Hall–Kier alpha value is -3.54. The Labute approximate surface area is 208 Å². The lowest BCUT2D eigenvalue weighted by molar-refractivity contribution is -0.137. The highest BCUT2D eigenvalue weighted by molar-refractivity contribution is 5.96. The van der Waals surface area contributed by atoms with E-state index < -0.39 is 29.1 Å². The molecular formula is C27H29F3N4O2. The van der Waals surface area contributed by atoms with Gasteiger partial charge in [-0.1, -0.05) is 17.7 Å². The lowest BCUT2D eigenvalue weighted by Crippen LogP contribution is -2.40. The first-order valence-corrected chi connectivity index (χ1v) is 12.0. The molecule has 9 heteroatoms. The van der Waals surface area contributed by atoms with E-state index in [1.54, 1.807) is 17.0 Å². The van der Waals surface area contributed by atoms with Crippen molar-refractivity contribution in [3.8, 4) is 6.07 Å². The monoisotopic (exact) mass is 498 g/mol. The van der Waals surface area contributed by atoms with Gasteiger partial charge in [0.15, 0.2) is 0 Å². The standard InChI is InChI=1S/C27H29F3N4O2/c1-16-3-4-17(2)21(11-16)26(36)34-14-22(23(15-34)25(32)35)18-7-9-33(10-8-18)20-6-5-19(13-31)24(12-20)27(28,29)30/h3-6,11-12,18,22-23H,7-10,14-15H2,1-2H3,(H2,32,35)/t22-,23+/m0/s1. The Morgan fingerprint density at radius 1 is 1.06 bits per heavy atom. The number of likely N-dealkylation sites (tertiary alicyclic amines) is 1. The number of hydrogen-bond donors (Lipinski definition) is 1. The van der Waals surface area contributed by atoms with Crippen molar-refractivity contribution in [3.63, 3.8) is 0 Å². The van der Waals surface area contributed by atoms with Gasteiger partial charge in [-0.3, -0.25) is 9.59 Å². The number of benzene rings is 2. The maximum absolute atomic E-state index is 13.4. The van der Waals surface area contributed by atoms with E-state index in [-0.39, 0.29) is 24.3 Å². The lowest BCUT2D eigenvalue weighted by atomic mass is 9.78. The number of nitriles is 1. The van der Waals surface area contributed by atoms with E-state index in [1.807, 2.05) is 36.9 Å². The molecule has 2 aromatic rings. The topological polar surface area (TPSA) is 90.4 Å². The first-order chi connectivity index (χ1) is 17.0. The van der Waals surface area contributed by atoms with Crippen LogP contribution in [0.25, 0.3) is 0 Å². The minimum Gasteiger partial charge on any atom is -0.372 e. The zero-order valence-electron chi connectivity index (χ0n) is 20.3. The molecule has 2 aliphatic heterocycles. The van der Waals surface area contributed by atoms with E-state index in [0.29, 0.717) is 43.7 Å². The second-order valence-electron chi connectivity index (χ2n) is 9.87. The average Bonchev–Trinajstić information content (AvgIpc) is 3.30. The van der Waals surface area contributed by atoms with Crippen LogP contribution in [0.15, 0.2) is 36.4 Å². The molecule has 0 unspecified atom stereocenters. The number of carbonyl (C=O) groups is 2. The molecule has 2 amide bonds. The van der Waals surface area contributed by atoms with Crippen molar-refractivity contribution in [1.29, 1.82) is 5.26 Å². The van der Waals surface area contributed by atoms with Gasteiger partial charge in [-0.15, -0.1) is 0 Å². The smallest absolute Gasteiger partial charge is 0.372 e. The molecule has 0 saturated carbocycles. The van der Waals surface area contributed by atoms with Crippen LogP contribution < -0.4 is 10.6 Å². The highest BCUT2D eigenvalue weighted by atomic mass is 19.4. The van der Waals surface area contributed by atoms with Gasteiger partial charge in [0.05, 0.1) is 23.1 Å². The predicted molar refractivity (Wildman–Crippen MR) is 129 cm³/mol. The first-order valence-electron chi connectivity index (χ1n) is 12.0. The quantitative estimate of drug-likeness (QED) is 0.681. The highest BCUT2D eigenvalue weighted by Gasteiger charge is 2.43. The van der Waals surface area contributed by atoms with Crippen LogP contribution in [0.5, 0.6) is 0 Å². The maximum atomic E-state index is 13.4. The third kappa shape index (κ3) is 5.03. The molecule has 2 saturated heterocycles. The summed E-state index contributed by atoms with van der Waals surface area (Å²) < 4.78 is 40.2. The fourth-order valence-electron chi connectivity index (χ4n) is 5.56. The molecule has 4 rings (SSSR count). The van der Waals surface area contributed by atoms with Crippen molar-refractivity contribution in [2.75, 3.05) is 31.1 Å². The van der Waals surface area contributed by atoms with Crippen LogP contribution in [0, 0.1) is 42.9 Å². The zero-order chi connectivity index (χ0) is 26.2. The van der Waals surface area contributed by atoms with Gasteiger partial charge in [0.25, 0.3) is 5.91 Å². The number of piperidine rings is 1. The van der Waals surface area contributed by atoms with Crippen LogP contribution in [0.3, 0.4) is 0 Å². The normalized spacial score (nSPS) is 20.9. The van der Waals surface area contributed by atoms with Gasteiger partial charge in [0.2, 0.25) is 5.91 Å². The summed E-state index contributed by atoms with van der Waals surface area (Å²) in [6, 6.07) is 11.1. The van der Waals surface area contributed by atoms with Gasteiger partial charge >= 0.3 is 6.18 Å². The van der Waals surface area contributed by atoms with Crippen LogP contribution in [-0.4, -0.2) is 42.9 Å². The van der Waals surface area contributed by atoms with Gasteiger partial charge in [0, 0.05) is 37.4 Å². The minimum absolute atomic E-state index is 0.0922. The van der Waals surface area contributed by atoms with Crippen molar-refractivity contribution in [2.24, 2.45) is 23.5 Å². The minimum atomic E-state index is -4.61. The number of nitrogens with two attached hydrogens (primary N) is 1. The summed E-state index contributed by atoms with van der Waals surface area (Å²) in [5.41, 5.74) is 7.30. The molecule has 2 fully saturated rings. The molecular weight excluding hydrogens is 469 g/mol. The average molecular weight is 499 g/mol. The predicted octanol–water partition coefficient (Wildman–Crippen LogP) is 4.28. The summed E-state index contributed by atoms with van der Waals surface area (Å²) in [6.45, 7) is 5.54. The number of hydrogen-bond acceptors (Lipinski definition) is 4. The summed E-state index contributed by atoms with van der Waals surface area (Å²) in [4.78, 5) is 29.2.